The number of nitriles is 1. The van der Waals surface area contributed by atoms with Crippen molar-refractivity contribution < 1.29 is 9.18 Å². The summed E-state index contributed by atoms with van der Waals surface area (Å²) in [5, 5.41) is 15.9. The summed E-state index contributed by atoms with van der Waals surface area (Å²) in [7, 11) is 0. The van der Waals surface area contributed by atoms with Crippen LogP contribution in [0.4, 0.5) is 10.2 Å². The number of hydrogen-bond acceptors (Lipinski definition) is 6. The SMILES string of the molecule is N#CCC(=O)N[C@@H]1CCC[C@H](Nc2nc(-c3c[nH]c4ncc(Cl)cc34)ncc2F)C1. The quantitative estimate of drug-likeness (QED) is 0.572. The van der Waals surface area contributed by atoms with Gasteiger partial charge in [0.15, 0.2) is 17.5 Å². The van der Waals surface area contributed by atoms with E-state index in [2.05, 4.69) is 30.6 Å². The Bertz CT molecular complexity index is 1130. The summed E-state index contributed by atoms with van der Waals surface area (Å²) in [6.45, 7) is 0. The predicted octanol–water partition coefficient (Wildman–Crippen LogP) is 3.57. The van der Waals surface area contributed by atoms with Crippen molar-refractivity contribution in [2.45, 2.75) is 44.2 Å². The van der Waals surface area contributed by atoms with Crippen LogP contribution in [0, 0.1) is 17.1 Å². The maximum atomic E-state index is 14.4. The zero-order valence-electron chi connectivity index (χ0n) is 16.0. The number of amides is 1. The van der Waals surface area contributed by atoms with E-state index in [9.17, 15) is 9.18 Å². The molecular weight excluding hydrogens is 409 g/mol. The van der Waals surface area contributed by atoms with Crippen molar-refractivity contribution in [3.63, 3.8) is 0 Å². The van der Waals surface area contributed by atoms with E-state index in [-0.39, 0.29) is 30.2 Å². The summed E-state index contributed by atoms with van der Waals surface area (Å²) in [5.74, 6) is -0.377. The summed E-state index contributed by atoms with van der Waals surface area (Å²) in [4.78, 5) is 27.5. The minimum Gasteiger partial charge on any atom is -0.365 e. The fraction of sp³-hybridized carbons (Fsp3) is 0.350. The van der Waals surface area contributed by atoms with E-state index in [1.54, 1.807) is 12.3 Å². The van der Waals surface area contributed by atoms with Gasteiger partial charge in [0.2, 0.25) is 5.91 Å². The Morgan fingerprint density at radius 2 is 2.17 bits per heavy atom. The molecule has 0 spiro atoms. The van der Waals surface area contributed by atoms with Gasteiger partial charge < -0.3 is 15.6 Å². The highest BCUT2D eigenvalue weighted by atomic mass is 35.5. The van der Waals surface area contributed by atoms with Crippen LogP contribution in [0.3, 0.4) is 0 Å². The molecule has 3 N–H and O–H groups in total. The Morgan fingerprint density at radius 1 is 1.33 bits per heavy atom. The highest BCUT2D eigenvalue weighted by molar-refractivity contribution is 6.31. The van der Waals surface area contributed by atoms with E-state index in [0.29, 0.717) is 28.5 Å². The number of hydrogen-bond donors (Lipinski definition) is 3. The third kappa shape index (κ3) is 4.33. The van der Waals surface area contributed by atoms with Gasteiger partial charge in [-0.3, -0.25) is 4.79 Å². The number of halogens is 2. The fourth-order valence-electron chi connectivity index (χ4n) is 3.76. The van der Waals surface area contributed by atoms with Crippen LogP contribution in [0.5, 0.6) is 0 Å². The summed E-state index contributed by atoms with van der Waals surface area (Å²) >= 11 is 6.05. The van der Waals surface area contributed by atoms with Crippen molar-refractivity contribution in [1.29, 1.82) is 5.26 Å². The first-order chi connectivity index (χ1) is 14.5. The number of rotatable bonds is 5. The molecule has 1 fully saturated rings. The smallest absolute Gasteiger partial charge is 0.234 e. The van der Waals surface area contributed by atoms with E-state index in [4.69, 9.17) is 16.9 Å². The van der Waals surface area contributed by atoms with Crippen LogP contribution in [0.25, 0.3) is 22.4 Å². The lowest BCUT2D eigenvalue weighted by atomic mass is 9.91. The largest absolute Gasteiger partial charge is 0.365 e. The van der Waals surface area contributed by atoms with Gasteiger partial charge in [0.05, 0.1) is 17.3 Å². The summed E-state index contributed by atoms with van der Waals surface area (Å²) in [6.07, 6.45) is 7.39. The molecule has 3 aromatic rings. The first-order valence-corrected chi connectivity index (χ1v) is 9.99. The summed E-state index contributed by atoms with van der Waals surface area (Å²) in [6, 6.07) is 3.49. The number of H-pyrrole nitrogens is 1. The lowest BCUT2D eigenvalue weighted by Gasteiger charge is -2.30. The van der Waals surface area contributed by atoms with Gasteiger partial charge in [0.25, 0.3) is 0 Å². The van der Waals surface area contributed by atoms with Crippen LogP contribution >= 0.6 is 11.6 Å². The molecule has 1 saturated carbocycles. The van der Waals surface area contributed by atoms with Crippen LogP contribution < -0.4 is 10.6 Å². The third-order valence-electron chi connectivity index (χ3n) is 5.10. The molecule has 3 aromatic heterocycles. The van der Waals surface area contributed by atoms with Gasteiger partial charge in [-0.15, -0.1) is 0 Å². The number of nitrogens with one attached hydrogen (secondary N) is 3. The number of aromatic nitrogens is 4. The van der Waals surface area contributed by atoms with E-state index < -0.39 is 5.82 Å². The number of anilines is 1. The third-order valence-corrected chi connectivity index (χ3v) is 5.31. The standard InChI is InChI=1S/C20H19ClFN7O/c21-11-6-14-15(9-25-18(14)24-8-11)19-26-10-16(22)20(29-19)28-13-3-1-2-12(7-13)27-17(30)4-5-23/h6,8-10,12-13H,1-4,7H2,(H,24,25)(H,27,30)(H,26,28,29)/t12-,13+/m1/s1. The minimum atomic E-state index is -0.551. The predicted molar refractivity (Wildman–Crippen MR) is 110 cm³/mol. The molecule has 1 aliphatic rings. The van der Waals surface area contributed by atoms with Gasteiger partial charge in [-0.1, -0.05) is 11.6 Å². The fourth-order valence-corrected chi connectivity index (χ4v) is 3.91. The van der Waals surface area contributed by atoms with Crippen molar-refractivity contribution in [2.75, 3.05) is 5.32 Å². The number of aromatic amines is 1. The molecule has 0 unspecified atom stereocenters. The van der Waals surface area contributed by atoms with Crippen molar-refractivity contribution >= 4 is 34.4 Å². The van der Waals surface area contributed by atoms with E-state index >= 15 is 0 Å². The Balaban J connectivity index is 1.53. The van der Waals surface area contributed by atoms with Gasteiger partial charge in [0.1, 0.15) is 12.1 Å². The Labute approximate surface area is 176 Å². The Hall–Kier alpha value is -3.25. The first-order valence-electron chi connectivity index (χ1n) is 9.62. The van der Waals surface area contributed by atoms with Crippen molar-refractivity contribution in [1.82, 2.24) is 25.3 Å². The number of carbonyl (C=O) groups excluding carboxylic acids is 1. The molecule has 10 heteroatoms. The maximum Gasteiger partial charge on any atom is 0.234 e. The van der Waals surface area contributed by atoms with Crippen LogP contribution in [-0.4, -0.2) is 37.9 Å². The highest BCUT2D eigenvalue weighted by Gasteiger charge is 2.24. The molecule has 3 heterocycles. The second-order valence-corrected chi connectivity index (χ2v) is 7.69. The molecule has 0 aliphatic heterocycles. The average Bonchev–Trinajstić information content (AvgIpc) is 3.13. The zero-order chi connectivity index (χ0) is 21.1. The van der Waals surface area contributed by atoms with Gasteiger partial charge >= 0.3 is 0 Å². The Morgan fingerprint density at radius 3 is 3.00 bits per heavy atom. The normalized spacial score (nSPS) is 18.7. The lowest BCUT2D eigenvalue weighted by Crippen LogP contribution is -2.41. The molecule has 0 saturated heterocycles. The Kier molecular flexibility index (Phi) is 5.77. The van der Waals surface area contributed by atoms with Crippen LogP contribution in [0.2, 0.25) is 5.02 Å². The molecule has 1 aliphatic carbocycles. The average molecular weight is 428 g/mol. The minimum absolute atomic E-state index is 0.0525. The number of fused-ring (bicyclic) bond motifs is 1. The molecule has 1 amide bonds. The molecule has 8 nitrogen and oxygen atoms in total. The summed E-state index contributed by atoms with van der Waals surface area (Å²) < 4.78 is 14.4. The zero-order valence-corrected chi connectivity index (χ0v) is 16.7. The molecule has 4 rings (SSSR count). The molecule has 2 atom stereocenters. The molecular formula is C20H19ClFN7O. The van der Waals surface area contributed by atoms with E-state index in [0.717, 1.165) is 30.8 Å². The van der Waals surface area contributed by atoms with E-state index in [1.165, 1.54) is 6.20 Å². The molecule has 0 radical (unpaired) electrons. The molecule has 154 valence electrons. The van der Waals surface area contributed by atoms with E-state index in [1.807, 2.05) is 6.07 Å². The van der Waals surface area contributed by atoms with Crippen molar-refractivity contribution in [2.24, 2.45) is 0 Å². The topological polar surface area (TPSA) is 119 Å². The second kappa shape index (κ2) is 8.63. The van der Waals surface area contributed by atoms with Gasteiger partial charge in [-0.2, -0.15) is 5.26 Å². The molecule has 0 aromatic carbocycles. The number of carbonyl (C=O) groups is 1. The highest BCUT2D eigenvalue weighted by Crippen LogP contribution is 2.29. The first kappa shape index (κ1) is 20.0. The molecule has 30 heavy (non-hydrogen) atoms. The van der Waals surface area contributed by atoms with Gasteiger partial charge in [-0.05, 0) is 31.7 Å². The van der Waals surface area contributed by atoms with Crippen LogP contribution in [-0.2, 0) is 4.79 Å². The van der Waals surface area contributed by atoms with Gasteiger partial charge in [0, 0.05) is 35.4 Å². The van der Waals surface area contributed by atoms with Crippen molar-refractivity contribution in [3.8, 4) is 17.5 Å². The summed E-state index contributed by atoms with van der Waals surface area (Å²) in [5.41, 5.74) is 1.31. The van der Waals surface area contributed by atoms with Crippen LogP contribution in [0.1, 0.15) is 32.1 Å². The maximum absolute atomic E-state index is 14.4. The van der Waals surface area contributed by atoms with Gasteiger partial charge in [-0.25, -0.2) is 19.3 Å². The number of nitrogens with zero attached hydrogens (tertiary/aromatic N) is 4. The van der Waals surface area contributed by atoms with Crippen molar-refractivity contribution in [3.05, 3.63) is 35.5 Å². The monoisotopic (exact) mass is 427 g/mol. The van der Waals surface area contributed by atoms with Crippen LogP contribution in [0.15, 0.2) is 24.7 Å². The molecule has 0 bridgehead atoms. The lowest BCUT2D eigenvalue weighted by molar-refractivity contribution is -0.121. The second-order valence-electron chi connectivity index (χ2n) is 7.25. The number of pyridine rings is 1.